The Hall–Kier alpha value is -1.84. The number of amides is 1. The van der Waals surface area contributed by atoms with Crippen molar-refractivity contribution in [3.05, 3.63) is 29.8 Å². The van der Waals surface area contributed by atoms with Crippen LogP contribution in [0.4, 0.5) is 5.69 Å². The first-order chi connectivity index (χ1) is 10.9. The quantitative estimate of drug-likeness (QED) is 0.864. The first kappa shape index (κ1) is 17.5. The van der Waals surface area contributed by atoms with Crippen molar-refractivity contribution in [1.82, 2.24) is 0 Å². The van der Waals surface area contributed by atoms with Gasteiger partial charge >= 0.3 is 5.97 Å². The van der Waals surface area contributed by atoms with Gasteiger partial charge in [0.15, 0.2) is 0 Å². The maximum Gasteiger partial charge on any atom is 0.307 e. The Morgan fingerprint density at radius 3 is 2.43 bits per heavy atom. The summed E-state index contributed by atoms with van der Waals surface area (Å²) in [5, 5.41) is 11.8. The fraction of sp³-hybridized carbons (Fsp3) is 0.579. The molecule has 1 aliphatic rings. The third-order valence-electron chi connectivity index (χ3n) is 4.94. The Morgan fingerprint density at radius 1 is 1.22 bits per heavy atom. The second-order valence-electron chi connectivity index (χ2n) is 7.19. The molecule has 1 amide bonds. The van der Waals surface area contributed by atoms with E-state index in [-0.39, 0.29) is 18.2 Å². The zero-order chi connectivity index (χ0) is 17.0. The lowest BCUT2D eigenvalue weighted by atomic mass is 9.70. The van der Waals surface area contributed by atoms with Crippen LogP contribution in [0.1, 0.15) is 45.6 Å². The monoisotopic (exact) mass is 317 g/mol. The van der Waals surface area contributed by atoms with Gasteiger partial charge in [-0.3, -0.25) is 9.59 Å². The first-order valence-electron chi connectivity index (χ1n) is 8.48. The standard InChI is InChI=1S/C19H27NO3/c1-12(2)16-9-4-13(3)10-17(16)19(23)20-15-7-5-14(6-8-15)11-18(21)22/h5-8,12-13,16-17H,4,9-11H2,1-3H3,(H,20,23)(H,21,22)/t13-,16+,17-/m1/s1. The van der Waals surface area contributed by atoms with Gasteiger partial charge in [0, 0.05) is 11.6 Å². The molecule has 0 unspecified atom stereocenters. The van der Waals surface area contributed by atoms with Gasteiger partial charge in [0.2, 0.25) is 5.91 Å². The lowest BCUT2D eigenvalue weighted by Gasteiger charge is -2.36. The van der Waals surface area contributed by atoms with Crippen LogP contribution in [-0.4, -0.2) is 17.0 Å². The zero-order valence-electron chi connectivity index (χ0n) is 14.2. The molecule has 4 heteroatoms. The number of aliphatic carboxylic acids is 1. The number of rotatable bonds is 5. The average molecular weight is 317 g/mol. The SMILES string of the molecule is CC(C)[C@@H]1CC[C@@H](C)C[C@H]1C(=O)Nc1ccc(CC(=O)O)cc1. The van der Waals surface area contributed by atoms with Crippen molar-refractivity contribution in [2.24, 2.45) is 23.7 Å². The molecule has 0 heterocycles. The summed E-state index contributed by atoms with van der Waals surface area (Å²) < 4.78 is 0. The van der Waals surface area contributed by atoms with Gasteiger partial charge in [-0.25, -0.2) is 0 Å². The minimum atomic E-state index is -0.849. The van der Waals surface area contributed by atoms with Gasteiger partial charge in [-0.05, 0) is 48.3 Å². The van der Waals surface area contributed by atoms with E-state index < -0.39 is 5.97 Å². The van der Waals surface area contributed by atoms with Crippen molar-refractivity contribution in [3.63, 3.8) is 0 Å². The highest BCUT2D eigenvalue weighted by molar-refractivity contribution is 5.92. The van der Waals surface area contributed by atoms with Crippen LogP contribution >= 0.6 is 0 Å². The molecule has 1 saturated carbocycles. The van der Waals surface area contributed by atoms with Gasteiger partial charge < -0.3 is 10.4 Å². The molecule has 2 N–H and O–H groups in total. The largest absolute Gasteiger partial charge is 0.481 e. The third kappa shape index (κ3) is 4.81. The summed E-state index contributed by atoms with van der Waals surface area (Å²) in [5.74, 6) is 0.865. The van der Waals surface area contributed by atoms with Crippen molar-refractivity contribution in [3.8, 4) is 0 Å². The number of carbonyl (C=O) groups excluding carboxylic acids is 1. The lowest BCUT2D eigenvalue weighted by molar-refractivity contribution is -0.136. The predicted octanol–water partition coefficient (Wildman–Crippen LogP) is 3.96. The summed E-state index contributed by atoms with van der Waals surface area (Å²) in [4.78, 5) is 23.4. The van der Waals surface area contributed by atoms with Crippen LogP contribution in [-0.2, 0) is 16.0 Å². The van der Waals surface area contributed by atoms with Gasteiger partial charge in [-0.2, -0.15) is 0 Å². The van der Waals surface area contributed by atoms with Crippen molar-refractivity contribution in [1.29, 1.82) is 0 Å². The zero-order valence-corrected chi connectivity index (χ0v) is 14.2. The van der Waals surface area contributed by atoms with E-state index in [2.05, 4.69) is 26.1 Å². The molecule has 0 saturated heterocycles. The van der Waals surface area contributed by atoms with Crippen molar-refractivity contribution >= 4 is 17.6 Å². The van der Waals surface area contributed by atoms with Gasteiger partial charge in [0.25, 0.3) is 0 Å². The predicted molar refractivity (Wildman–Crippen MR) is 91.2 cm³/mol. The van der Waals surface area contributed by atoms with Gasteiger partial charge in [0.1, 0.15) is 0 Å². The number of carboxylic acids is 1. The molecule has 2 rings (SSSR count). The minimum absolute atomic E-state index is 0.00376. The second-order valence-corrected chi connectivity index (χ2v) is 7.19. The normalized spacial score (nSPS) is 24.4. The van der Waals surface area contributed by atoms with Crippen molar-refractivity contribution < 1.29 is 14.7 Å². The molecule has 0 bridgehead atoms. The van der Waals surface area contributed by atoms with E-state index in [4.69, 9.17) is 5.11 Å². The number of anilines is 1. The van der Waals surface area contributed by atoms with E-state index in [0.29, 0.717) is 17.8 Å². The van der Waals surface area contributed by atoms with Crippen LogP contribution in [0.15, 0.2) is 24.3 Å². The Labute approximate surface area is 138 Å². The fourth-order valence-corrected chi connectivity index (χ4v) is 3.62. The molecule has 1 aromatic carbocycles. The Kier molecular flexibility index (Phi) is 5.80. The molecular weight excluding hydrogens is 290 g/mol. The van der Waals surface area contributed by atoms with E-state index in [1.165, 1.54) is 6.42 Å². The van der Waals surface area contributed by atoms with E-state index in [0.717, 1.165) is 24.1 Å². The molecule has 23 heavy (non-hydrogen) atoms. The molecule has 1 fully saturated rings. The number of carboxylic acid groups (broad SMARTS) is 1. The average Bonchev–Trinajstić information content (AvgIpc) is 2.48. The van der Waals surface area contributed by atoms with Gasteiger partial charge in [-0.15, -0.1) is 0 Å². The number of carbonyl (C=O) groups is 2. The molecule has 0 aliphatic heterocycles. The molecule has 0 aromatic heterocycles. The topological polar surface area (TPSA) is 66.4 Å². The highest BCUT2D eigenvalue weighted by Crippen LogP contribution is 2.38. The van der Waals surface area contributed by atoms with Crippen LogP contribution in [0.3, 0.4) is 0 Å². The maximum absolute atomic E-state index is 12.7. The summed E-state index contributed by atoms with van der Waals surface area (Å²) in [6, 6.07) is 7.08. The smallest absolute Gasteiger partial charge is 0.307 e. The summed E-state index contributed by atoms with van der Waals surface area (Å²) in [7, 11) is 0. The highest BCUT2D eigenvalue weighted by atomic mass is 16.4. The first-order valence-corrected chi connectivity index (χ1v) is 8.48. The summed E-state index contributed by atoms with van der Waals surface area (Å²) in [6.07, 6.45) is 3.28. The number of hydrogen-bond donors (Lipinski definition) is 2. The highest BCUT2D eigenvalue weighted by Gasteiger charge is 2.35. The van der Waals surface area contributed by atoms with Crippen LogP contribution in [0.2, 0.25) is 0 Å². The Bertz CT molecular complexity index is 550. The molecule has 126 valence electrons. The number of nitrogens with one attached hydrogen (secondary N) is 1. The Balaban J connectivity index is 2.03. The van der Waals surface area contributed by atoms with E-state index >= 15 is 0 Å². The summed E-state index contributed by atoms with van der Waals surface area (Å²) in [5.41, 5.74) is 1.48. The van der Waals surface area contributed by atoms with Crippen molar-refractivity contribution in [2.45, 2.75) is 46.5 Å². The van der Waals surface area contributed by atoms with Crippen LogP contribution in [0.5, 0.6) is 0 Å². The van der Waals surface area contributed by atoms with Crippen LogP contribution in [0.25, 0.3) is 0 Å². The maximum atomic E-state index is 12.7. The van der Waals surface area contributed by atoms with Crippen LogP contribution in [0, 0.1) is 23.7 Å². The van der Waals surface area contributed by atoms with Crippen molar-refractivity contribution in [2.75, 3.05) is 5.32 Å². The third-order valence-corrected chi connectivity index (χ3v) is 4.94. The molecule has 0 spiro atoms. The minimum Gasteiger partial charge on any atom is -0.481 e. The van der Waals surface area contributed by atoms with Gasteiger partial charge in [-0.1, -0.05) is 39.3 Å². The Morgan fingerprint density at radius 2 is 1.87 bits per heavy atom. The van der Waals surface area contributed by atoms with E-state index in [1.54, 1.807) is 24.3 Å². The molecule has 4 nitrogen and oxygen atoms in total. The summed E-state index contributed by atoms with van der Waals surface area (Å²) in [6.45, 7) is 6.61. The number of benzene rings is 1. The number of hydrogen-bond acceptors (Lipinski definition) is 2. The molecule has 1 aliphatic carbocycles. The van der Waals surface area contributed by atoms with Gasteiger partial charge in [0.05, 0.1) is 6.42 Å². The molecule has 0 radical (unpaired) electrons. The lowest BCUT2D eigenvalue weighted by Crippen LogP contribution is -2.36. The summed E-state index contributed by atoms with van der Waals surface area (Å²) >= 11 is 0. The fourth-order valence-electron chi connectivity index (χ4n) is 3.62. The second kappa shape index (κ2) is 7.62. The van der Waals surface area contributed by atoms with E-state index in [1.807, 2.05) is 0 Å². The molecular formula is C19H27NO3. The molecule has 1 aromatic rings. The van der Waals surface area contributed by atoms with Crippen LogP contribution < -0.4 is 5.32 Å². The molecule has 3 atom stereocenters. The van der Waals surface area contributed by atoms with E-state index in [9.17, 15) is 9.59 Å².